The lowest BCUT2D eigenvalue weighted by molar-refractivity contribution is 0.602. The van der Waals surface area contributed by atoms with Crippen LogP contribution in [0.2, 0.25) is 0 Å². The fourth-order valence-electron chi connectivity index (χ4n) is 3.24. The Morgan fingerprint density at radius 3 is 2.34 bits per heavy atom. The molecule has 0 amide bonds. The van der Waals surface area contributed by atoms with Crippen molar-refractivity contribution in [2.45, 2.75) is 11.4 Å². The van der Waals surface area contributed by atoms with Crippen LogP contribution in [0.3, 0.4) is 0 Å². The highest BCUT2D eigenvalue weighted by Crippen LogP contribution is 2.34. The first-order chi connectivity index (χ1) is 15.3. The maximum Gasteiger partial charge on any atom is 0.175 e. The summed E-state index contributed by atoms with van der Waals surface area (Å²) in [5.41, 5.74) is 4.01. The zero-order chi connectivity index (χ0) is 22.7. The summed E-state index contributed by atoms with van der Waals surface area (Å²) in [5, 5.41) is 16.9. The molecule has 8 heteroatoms. The van der Waals surface area contributed by atoms with Crippen LogP contribution in [0, 0.1) is 17.1 Å². The quantitative estimate of drug-likeness (QED) is 0.408. The van der Waals surface area contributed by atoms with Crippen LogP contribution in [0.4, 0.5) is 10.2 Å². The van der Waals surface area contributed by atoms with Crippen LogP contribution in [0.5, 0.6) is 0 Å². The summed E-state index contributed by atoms with van der Waals surface area (Å²) in [7, 11) is -3.34. The molecular weight excluding hydrogens is 445 g/mol. The summed E-state index contributed by atoms with van der Waals surface area (Å²) in [4.78, 5) is 4.92. The second kappa shape index (κ2) is 8.91. The third-order valence-corrected chi connectivity index (χ3v) is 6.75. The molecule has 4 aromatic rings. The molecule has 32 heavy (non-hydrogen) atoms. The van der Waals surface area contributed by atoms with Crippen LogP contribution in [-0.4, -0.2) is 19.7 Å². The average molecular weight is 464 g/mol. The third-order valence-electron chi connectivity index (χ3n) is 4.89. The van der Waals surface area contributed by atoms with Gasteiger partial charge in [-0.15, -0.1) is 0 Å². The summed E-state index contributed by atoms with van der Waals surface area (Å²) in [6.07, 6.45) is 1.15. The number of nitriles is 1. The number of thiophene rings is 1. The number of benzene rings is 2. The van der Waals surface area contributed by atoms with E-state index < -0.39 is 9.84 Å². The van der Waals surface area contributed by atoms with E-state index in [1.807, 2.05) is 16.8 Å². The van der Waals surface area contributed by atoms with Gasteiger partial charge in [0.15, 0.2) is 9.84 Å². The van der Waals surface area contributed by atoms with E-state index in [9.17, 15) is 18.1 Å². The largest absolute Gasteiger partial charge is 0.365 e. The molecule has 0 aliphatic carbocycles. The second-order valence-corrected chi connectivity index (χ2v) is 9.98. The van der Waals surface area contributed by atoms with Gasteiger partial charge in [-0.05, 0) is 70.4 Å². The highest BCUT2D eigenvalue weighted by atomic mass is 32.2. The van der Waals surface area contributed by atoms with Gasteiger partial charge in [0, 0.05) is 23.9 Å². The van der Waals surface area contributed by atoms with E-state index in [1.165, 1.54) is 24.3 Å². The van der Waals surface area contributed by atoms with Gasteiger partial charge in [0.1, 0.15) is 17.7 Å². The van der Waals surface area contributed by atoms with E-state index in [-0.39, 0.29) is 10.7 Å². The van der Waals surface area contributed by atoms with Crippen molar-refractivity contribution < 1.29 is 12.8 Å². The Morgan fingerprint density at radius 1 is 1.06 bits per heavy atom. The molecule has 2 heterocycles. The van der Waals surface area contributed by atoms with Crippen molar-refractivity contribution in [1.29, 1.82) is 5.26 Å². The number of aromatic nitrogens is 1. The molecule has 0 saturated heterocycles. The zero-order valence-corrected chi connectivity index (χ0v) is 18.7. The Balaban J connectivity index is 1.84. The van der Waals surface area contributed by atoms with E-state index in [4.69, 9.17) is 4.98 Å². The van der Waals surface area contributed by atoms with E-state index >= 15 is 0 Å². The number of halogens is 1. The van der Waals surface area contributed by atoms with Crippen LogP contribution in [0.25, 0.3) is 22.4 Å². The van der Waals surface area contributed by atoms with Crippen molar-refractivity contribution in [3.05, 3.63) is 88.4 Å². The summed E-state index contributed by atoms with van der Waals surface area (Å²) in [6.45, 7) is 0.510. The molecule has 0 atom stereocenters. The van der Waals surface area contributed by atoms with Crippen LogP contribution in [0.1, 0.15) is 11.1 Å². The second-order valence-electron chi connectivity index (χ2n) is 7.18. The normalized spacial score (nSPS) is 11.2. The molecule has 2 aromatic heterocycles. The zero-order valence-electron chi connectivity index (χ0n) is 17.0. The molecular formula is C24H18FN3O2S2. The number of anilines is 1. The first kappa shape index (κ1) is 21.7. The molecule has 5 nitrogen and oxygen atoms in total. The van der Waals surface area contributed by atoms with Gasteiger partial charge in [0.05, 0.1) is 16.2 Å². The molecule has 0 unspecified atom stereocenters. The predicted molar refractivity (Wildman–Crippen MR) is 125 cm³/mol. The SMILES string of the molecule is CS(=O)(=O)c1ccc(-c2cc(C#N)c(NCc3ccsc3)nc2-c2ccc(F)cc2)cc1. The highest BCUT2D eigenvalue weighted by Gasteiger charge is 2.16. The molecule has 2 aromatic carbocycles. The van der Waals surface area contributed by atoms with Gasteiger partial charge in [-0.1, -0.05) is 12.1 Å². The number of hydrogen-bond acceptors (Lipinski definition) is 6. The number of sulfone groups is 1. The van der Waals surface area contributed by atoms with Gasteiger partial charge in [-0.2, -0.15) is 16.6 Å². The highest BCUT2D eigenvalue weighted by molar-refractivity contribution is 7.90. The van der Waals surface area contributed by atoms with Crippen LogP contribution >= 0.6 is 11.3 Å². The molecule has 1 N–H and O–H groups in total. The average Bonchev–Trinajstić information content (AvgIpc) is 3.31. The van der Waals surface area contributed by atoms with Crippen LogP contribution in [-0.2, 0) is 16.4 Å². The Hall–Kier alpha value is -3.54. The van der Waals surface area contributed by atoms with Crippen molar-refractivity contribution >= 4 is 27.0 Å². The molecule has 0 bridgehead atoms. The van der Waals surface area contributed by atoms with Crippen LogP contribution < -0.4 is 5.32 Å². The standard InChI is InChI=1S/C24H18FN3O2S2/c1-32(29,30)21-8-4-17(5-9-21)22-12-19(13-26)24(27-14-16-10-11-31-15-16)28-23(22)18-2-6-20(25)7-3-18/h2-12,15H,14H2,1H3,(H,27,28). The molecule has 0 fully saturated rings. The molecule has 160 valence electrons. The lowest BCUT2D eigenvalue weighted by Gasteiger charge is -2.15. The fourth-order valence-corrected chi connectivity index (χ4v) is 4.54. The van der Waals surface area contributed by atoms with Crippen molar-refractivity contribution in [1.82, 2.24) is 4.98 Å². The molecule has 0 radical (unpaired) electrons. The van der Waals surface area contributed by atoms with E-state index in [2.05, 4.69) is 11.4 Å². The van der Waals surface area contributed by atoms with Gasteiger partial charge >= 0.3 is 0 Å². The smallest absolute Gasteiger partial charge is 0.175 e. The van der Waals surface area contributed by atoms with Gasteiger partial charge in [-0.25, -0.2) is 17.8 Å². The predicted octanol–water partition coefficient (Wildman–Crippen LogP) is 5.50. The number of rotatable bonds is 6. The molecule has 0 aliphatic heterocycles. The number of hydrogen-bond donors (Lipinski definition) is 1. The summed E-state index contributed by atoms with van der Waals surface area (Å²) >= 11 is 1.58. The summed E-state index contributed by atoms with van der Waals surface area (Å²) < 4.78 is 37.2. The number of nitrogens with zero attached hydrogens (tertiary/aromatic N) is 2. The van der Waals surface area contributed by atoms with Crippen molar-refractivity contribution in [2.75, 3.05) is 11.6 Å². The van der Waals surface area contributed by atoms with Crippen molar-refractivity contribution in [2.24, 2.45) is 0 Å². The fraction of sp³-hybridized carbons (Fsp3) is 0.0833. The maximum absolute atomic E-state index is 13.5. The molecule has 4 rings (SSSR count). The monoisotopic (exact) mass is 463 g/mol. The van der Waals surface area contributed by atoms with Gasteiger partial charge in [0.2, 0.25) is 0 Å². The maximum atomic E-state index is 13.5. The Bertz CT molecular complexity index is 1390. The van der Waals surface area contributed by atoms with Crippen LogP contribution in [0.15, 0.2) is 76.3 Å². The summed E-state index contributed by atoms with van der Waals surface area (Å²) in [6, 6.07) is 18.2. The minimum absolute atomic E-state index is 0.201. The van der Waals surface area contributed by atoms with Crippen molar-refractivity contribution in [3.8, 4) is 28.5 Å². The van der Waals surface area contributed by atoms with Gasteiger partial charge < -0.3 is 5.32 Å². The van der Waals surface area contributed by atoms with Gasteiger partial charge in [0.25, 0.3) is 0 Å². The summed E-state index contributed by atoms with van der Waals surface area (Å²) in [5.74, 6) is 0.0618. The molecule has 0 spiro atoms. The lowest BCUT2D eigenvalue weighted by atomic mass is 9.97. The first-order valence-electron chi connectivity index (χ1n) is 9.61. The first-order valence-corrected chi connectivity index (χ1v) is 12.4. The Kier molecular flexibility index (Phi) is 6.04. The Labute approximate surface area is 189 Å². The minimum Gasteiger partial charge on any atom is -0.365 e. The molecule has 0 aliphatic rings. The van der Waals surface area contributed by atoms with E-state index in [0.29, 0.717) is 40.3 Å². The Morgan fingerprint density at radius 2 is 1.75 bits per heavy atom. The lowest BCUT2D eigenvalue weighted by Crippen LogP contribution is -2.05. The third kappa shape index (κ3) is 4.69. The van der Waals surface area contributed by atoms with E-state index in [1.54, 1.807) is 41.7 Å². The minimum atomic E-state index is -3.34. The molecule has 0 saturated carbocycles. The number of nitrogens with one attached hydrogen (secondary N) is 1. The van der Waals surface area contributed by atoms with E-state index in [0.717, 1.165) is 11.8 Å². The van der Waals surface area contributed by atoms with Crippen molar-refractivity contribution in [3.63, 3.8) is 0 Å². The van der Waals surface area contributed by atoms with Gasteiger partial charge in [-0.3, -0.25) is 0 Å². The topological polar surface area (TPSA) is 82.8 Å². The number of pyridine rings is 1.